The Hall–Kier alpha value is -1.50. The molecule has 0 spiro atoms. The van der Waals surface area contributed by atoms with Crippen LogP contribution in [0.2, 0.25) is 0 Å². The second-order valence-electron chi connectivity index (χ2n) is 2.04. The van der Waals surface area contributed by atoms with E-state index in [1.807, 2.05) is 17.8 Å². The average Bonchev–Trinajstić information content (AvgIpc) is 2.37. The van der Waals surface area contributed by atoms with E-state index in [0.29, 0.717) is 0 Å². The summed E-state index contributed by atoms with van der Waals surface area (Å²) in [6.45, 7) is 3.18. The maximum atomic E-state index is 7.10. The molecule has 1 aromatic rings. The molecule has 4 heteroatoms. The van der Waals surface area contributed by atoms with Gasteiger partial charge < -0.3 is 5.73 Å². The number of aryl methyl sites for hydroxylation is 2. The number of aromatic nitrogens is 2. The van der Waals surface area contributed by atoms with Crippen molar-refractivity contribution in [2.24, 2.45) is 12.8 Å². The second-order valence-corrected chi connectivity index (χ2v) is 2.04. The van der Waals surface area contributed by atoms with Gasteiger partial charge in [0, 0.05) is 0 Å². The summed E-state index contributed by atoms with van der Waals surface area (Å²) in [5.74, 6) is 0. The minimum atomic E-state index is 1.06. The fourth-order valence-corrected chi connectivity index (χ4v) is 0.689. The molecule has 0 fully saturated rings. The van der Waals surface area contributed by atoms with Crippen molar-refractivity contribution in [3.8, 4) is 6.19 Å². The molecule has 1 heterocycles. The van der Waals surface area contributed by atoms with Gasteiger partial charge in [0.05, 0.1) is 13.6 Å². The van der Waals surface area contributed by atoms with Gasteiger partial charge in [0.1, 0.15) is 12.4 Å². The molecular weight excluding hydrogens is 140 g/mol. The molecule has 1 aromatic heterocycles. The lowest BCUT2D eigenvalue weighted by Crippen LogP contribution is -2.23. The lowest BCUT2D eigenvalue weighted by Gasteiger charge is -1.81. The Balaban J connectivity index is 0.000000292. The topological polar surface area (TPSA) is 58.6 Å². The van der Waals surface area contributed by atoms with E-state index < -0.39 is 0 Å². The van der Waals surface area contributed by atoms with Gasteiger partial charge in [-0.1, -0.05) is 0 Å². The predicted octanol–water partition coefficient (Wildman–Crippen LogP) is -0.241. The highest BCUT2D eigenvalue weighted by Crippen LogP contribution is 1.79. The first-order valence-corrected chi connectivity index (χ1v) is 3.35. The molecule has 2 N–H and O–H groups in total. The maximum absolute atomic E-state index is 7.10. The van der Waals surface area contributed by atoms with Crippen molar-refractivity contribution < 1.29 is 4.57 Å². The van der Waals surface area contributed by atoms with Gasteiger partial charge in [-0.15, -0.1) is 0 Å². The van der Waals surface area contributed by atoms with Gasteiger partial charge in [-0.2, -0.15) is 5.26 Å². The fraction of sp³-hybridized carbons (Fsp3) is 0.429. The summed E-state index contributed by atoms with van der Waals surface area (Å²) >= 11 is 0. The molecule has 0 saturated heterocycles. The monoisotopic (exact) mass is 153 g/mol. The van der Waals surface area contributed by atoms with E-state index in [1.165, 1.54) is 6.19 Å². The van der Waals surface area contributed by atoms with Crippen LogP contribution in [0.3, 0.4) is 0 Å². The zero-order chi connectivity index (χ0) is 8.69. The van der Waals surface area contributed by atoms with Crippen LogP contribution in [0.4, 0.5) is 0 Å². The average molecular weight is 153 g/mol. The summed E-state index contributed by atoms with van der Waals surface area (Å²) in [5.41, 5.74) is 4.15. The van der Waals surface area contributed by atoms with E-state index in [-0.39, 0.29) is 0 Å². The zero-order valence-electron chi connectivity index (χ0n) is 6.86. The van der Waals surface area contributed by atoms with Crippen LogP contribution in [0.15, 0.2) is 18.7 Å². The highest BCUT2D eigenvalue weighted by molar-refractivity contribution is 4.63. The van der Waals surface area contributed by atoms with Crippen molar-refractivity contribution in [1.29, 1.82) is 5.26 Å². The summed E-state index contributed by atoms with van der Waals surface area (Å²) in [4.78, 5) is 0. The third-order valence-electron chi connectivity index (χ3n) is 1.19. The molecule has 0 aliphatic carbocycles. The summed E-state index contributed by atoms with van der Waals surface area (Å²) < 4.78 is 4.16. The summed E-state index contributed by atoms with van der Waals surface area (Å²) in [6.07, 6.45) is 7.39. The number of hydrogen-bond acceptors (Lipinski definition) is 2. The van der Waals surface area contributed by atoms with Crippen LogP contribution >= 0.6 is 0 Å². The SMILES string of the molecule is CCn1cc[n+](C)c1.N#CN. The molecule has 0 bridgehead atoms. The molecule has 11 heavy (non-hydrogen) atoms. The first-order chi connectivity index (χ1) is 5.24. The van der Waals surface area contributed by atoms with E-state index in [0.717, 1.165) is 6.54 Å². The number of rotatable bonds is 1. The Morgan fingerprint density at radius 2 is 2.27 bits per heavy atom. The Labute approximate surface area is 66.5 Å². The Morgan fingerprint density at radius 3 is 2.45 bits per heavy atom. The first kappa shape index (κ1) is 9.50. The Morgan fingerprint density at radius 1 is 1.73 bits per heavy atom. The standard InChI is InChI=1S/C6H11N2.CH2N2/c1-3-8-5-4-7(2)6-8;2-1-3/h4-6H,3H2,1-2H3;2H2/q+1;. The summed E-state index contributed by atoms with van der Waals surface area (Å²) in [5, 5.41) is 7.10. The molecule has 0 unspecified atom stereocenters. The van der Waals surface area contributed by atoms with Gasteiger partial charge in [-0.3, -0.25) is 0 Å². The third kappa shape index (κ3) is 3.98. The van der Waals surface area contributed by atoms with Crippen molar-refractivity contribution in [2.45, 2.75) is 13.5 Å². The zero-order valence-corrected chi connectivity index (χ0v) is 6.86. The number of nitrogens with zero attached hydrogens (tertiary/aromatic N) is 3. The van der Waals surface area contributed by atoms with Gasteiger partial charge >= 0.3 is 0 Å². The van der Waals surface area contributed by atoms with Crippen LogP contribution < -0.4 is 10.3 Å². The molecule has 1 rings (SSSR count). The molecule has 0 radical (unpaired) electrons. The molecule has 0 saturated carbocycles. The lowest BCUT2D eigenvalue weighted by atomic mass is 10.7. The van der Waals surface area contributed by atoms with E-state index in [2.05, 4.69) is 29.7 Å². The number of imidazole rings is 1. The summed E-state index contributed by atoms with van der Waals surface area (Å²) in [6, 6.07) is 0. The smallest absolute Gasteiger partial charge is 0.243 e. The lowest BCUT2D eigenvalue weighted by molar-refractivity contribution is -0.671. The van der Waals surface area contributed by atoms with Crippen molar-refractivity contribution in [3.05, 3.63) is 18.7 Å². The van der Waals surface area contributed by atoms with Crippen LogP contribution in [0.1, 0.15) is 6.92 Å². The first-order valence-electron chi connectivity index (χ1n) is 3.35. The van der Waals surface area contributed by atoms with Gasteiger partial charge in [-0.05, 0) is 6.92 Å². The highest BCUT2D eigenvalue weighted by Gasteiger charge is 1.92. The third-order valence-corrected chi connectivity index (χ3v) is 1.19. The van der Waals surface area contributed by atoms with E-state index in [9.17, 15) is 0 Å². The molecule has 0 aliphatic heterocycles. The molecular formula is C7H13N4+. The number of nitrogens with two attached hydrogens (primary N) is 1. The fourth-order valence-electron chi connectivity index (χ4n) is 0.689. The van der Waals surface area contributed by atoms with Crippen LogP contribution in [0.5, 0.6) is 0 Å². The molecule has 0 atom stereocenters. The second kappa shape index (κ2) is 5.30. The number of hydrogen-bond donors (Lipinski definition) is 1. The van der Waals surface area contributed by atoms with Gasteiger partial charge in [0.25, 0.3) is 0 Å². The minimum Gasteiger partial charge on any atom is -0.337 e. The highest BCUT2D eigenvalue weighted by atomic mass is 15.1. The van der Waals surface area contributed by atoms with Crippen LogP contribution in [0.25, 0.3) is 0 Å². The van der Waals surface area contributed by atoms with E-state index in [4.69, 9.17) is 5.26 Å². The van der Waals surface area contributed by atoms with Crippen molar-refractivity contribution in [3.63, 3.8) is 0 Å². The maximum Gasteiger partial charge on any atom is 0.243 e. The van der Waals surface area contributed by atoms with Crippen LogP contribution in [-0.2, 0) is 13.6 Å². The van der Waals surface area contributed by atoms with Gasteiger partial charge in [0.2, 0.25) is 6.33 Å². The van der Waals surface area contributed by atoms with Gasteiger partial charge in [-0.25, -0.2) is 9.13 Å². The largest absolute Gasteiger partial charge is 0.337 e. The van der Waals surface area contributed by atoms with Crippen LogP contribution in [-0.4, -0.2) is 4.57 Å². The molecule has 60 valence electrons. The molecule has 4 nitrogen and oxygen atoms in total. The normalized spacial score (nSPS) is 7.73. The minimum absolute atomic E-state index is 1.06. The van der Waals surface area contributed by atoms with Crippen molar-refractivity contribution in [1.82, 2.24) is 4.57 Å². The molecule has 0 aromatic carbocycles. The number of nitriles is 1. The van der Waals surface area contributed by atoms with E-state index >= 15 is 0 Å². The quantitative estimate of drug-likeness (QED) is 0.344. The molecule has 0 aliphatic rings. The van der Waals surface area contributed by atoms with Gasteiger partial charge in [0.15, 0.2) is 6.19 Å². The van der Waals surface area contributed by atoms with E-state index in [1.54, 1.807) is 0 Å². The Kier molecular flexibility index (Phi) is 4.58. The van der Waals surface area contributed by atoms with Crippen molar-refractivity contribution in [2.75, 3.05) is 0 Å². The predicted molar refractivity (Wildman–Crippen MR) is 41.1 cm³/mol. The molecule has 0 amide bonds. The van der Waals surface area contributed by atoms with Crippen LogP contribution in [0, 0.1) is 11.5 Å². The summed E-state index contributed by atoms with van der Waals surface area (Å²) in [7, 11) is 2.02. The Bertz CT molecular complexity index is 233. The van der Waals surface area contributed by atoms with Crippen molar-refractivity contribution >= 4 is 0 Å².